The van der Waals surface area contributed by atoms with E-state index in [4.69, 9.17) is 19.2 Å². The van der Waals surface area contributed by atoms with E-state index in [1.54, 1.807) is 14.2 Å². The van der Waals surface area contributed by atoms with Gasteiger partial charge in [0.05, 0.1) is 39.0 Å². The Bertz CT molecular complexity index is 1090. The van der Waals surface area contributed by atoms with Gasteiger partial charge in [0, 0.05) is 10.9 Å². The molecule has 0 radical (unpaired) electrons. The summed E-state index contributed by atoms with van der Waals surface area (Å²) >= 11 is 0. The lowest BCUT2D eigenvalue weighted by Crippen LogP contribution is -3.06. The second kappa shape index (κ2) is 9.79. The van der Waals surface area contributed by atoms with Gasteiger partial charge in [-0.25, -0.2) is 9.78 Å². The molecule has 1 heterocycles. The number of hydrogen-bond acceptors (Lipinski definition) is 5. The monoisotopic (exact) mass is 423 g/mol. The fraction of sp³-hybridized carbons (Fsp3) is 0.360. The normalized spacial score (nSPS) is 11.9. The van der Waals surface area contributed by atoms with Crippen molar-refractivity contribution in [3.63, 3.8) is 0 Å². The number of hydrogen-bond donors (Lipinski definition) is 1. The van der Waals surface area contributed by atoms with Crippen LogP contribution in [0.3, 0.4) is 0 Å². The molecule has 2 aromatic carbocycles. The van der Waals surface area contributed by atoms with Gasteiger partial charge in [-0.2, -0.15) is 0 Å². The minimum Gasteiger partial charge on any atom is -0.493 e. The standard InChI is InChI=1S/C25H30N2O4/c1-7-31-25(28)24-17(3)19-10-8-9-11-20(19)26-21(24)15-27(4)14-18-13-23(30-6)22(29-5)12-16(18)2/h8-13H,7,14-15H2,1-6H3/p+1. The zero-order valence-electron chi connectivity index (χ0n) is 19.2. The minimum absolute atomic E-state index is 0.316. The highest BCUT2D eigenvalue weighted by atomic mass is 16.5. The van der Waals surface area contributed by atoms with Crippen LogP contribution < -0.4 is 14.4 Å². The molecule has 1 N–H and O–H groups in total. The largest absolute Gasteiger partial charge is 0.493 e. The number of aryl methyl sites for hydroxylation is 2. The third-order valence-corrected chi connectivity index (χ3v) is 5.51. The smallest absolute Gasteiger partial charge is 0.340 e. The van der Waals surface area contributed by atoms with Crippen molar-refractivity contribution in [2.24, 2.45) is 0 Å². The molecule has 0 spiro atoms. The molecule has 0 aliphatic heterocycles. The maximum absolute atomic E-state index is 12.8. The van der Waals surface area contributed by atoms with E-state index < -0.39 is 0 Å². The summed E-state index contributed by atoms with van der Waals surface area (Å²) in [4.78, 5) is 18.8. The summed E-state index contributed by atoms with van der Waals surface area (Å²) < 4.78 is 16.2. The molecule has 0 bridgehead atoms. The summed E-state index contributed by atoms with van der Waals surface area (Å²) in [6.07, 6.45) is 0. The number of ether oxygens (including phenoxy) is 3. The van der Waals surface area contributed by atoms with Gasteiger partial charge in [-0.3, -0.25) is 0 Å². The Hall–Kier alpha value is -3.12. The SMILES string of the molecule is CCOC(=O)c1c(C[NH+](C)Cc2cc(OC)c(OC)cc2C)nc2ccccc2c1C. The summed E-state index contributed by atoms with van der Waals surface area (Å²) in [6.45, 7) is 7.52. The Morgan fingerprint density at radius 2 is 1.71 bits per heavy atom. The highest BCUT2D eigenvalue weighted by Gasteiger charge is 2.23. The van der Waals surface area contributed by atoms with Crippen LogP contribution in [0.4, 0.5) is 0 Å². The Balaban J connectivity index is 1.95. The Morgan fingerprint density at radius 3 is 2.39 bits per heavy atom. The van der Waals surface area contributed by atoms with Gasteiger partial charge in [0.2, 0.25) is 0 Å². The summed E-state index contributed by atoms with van der Waals surface area (Å²) in [5.74, 6) is 1.11. The van der Waals surface area contributed by atoms with Gasteiger partial charge >= 0.3 is 5.97 Å². The topological polar surface area (TPSA) is 62.1 Å². The molecule has 0 aliphatic carbocycles. The molecule has 0 aliphatic rings. The molecule has 1 atom stereocenters. The van der Waals surface area contributed by atoms with E-state index in [0.717, 1.165) is 45.6 Å². The van der Waals surface area contributed by atoms with Gasteiger partial charge < -0.3 is 19.1 Å². The summed E-state index contributed by atoms with van der Waals surface area (Å²) in [6, 6.07) is 11.9. The van der Waals surface area contributed by atoms with Crippen LogP contribution in [0.5, 0.6) is 11.5 Å². The van der Waals surface area contributed by atoms with Crippen LogP contribution in [-0.2, 0) is 17.8 Å². The zero-order chi connectivity index (χ0) is 22.5. The van der Waals surface area contributed by atoms with E-state index in [9.17, 15) is 4.79 Å². The van der Waals surface area contributed by atoms with E-state index in [0.29, 0.717) is 24.5 Å². The third kappa shape index (κ3) is 4.80. The first-order valence-corrected chi connectivity index (χ1v) is 10.5. The molecule has 164 valence electrons. The highest BCUT2D eigenvalue weighted by molar-refractivity contribution is 5.98. The second-order valence-corrected chi connectivity index (χ2v) is 7.74. The first-order chi connectivity index (χ1) is 14.9. The van der Waals surface area contributed by atoms with Crippen molar-refractivity contribution in [2.75, 3.05) is 27.9 Å². The van der Waals surface area contributed by atoms with Crippen LogP contribution in [0, 0.1) is 13.8 Å². The van der Waals surface area contributed by atoms with E-state index in [2.05, 4.69) is 14.0 Å². The number of aromatic nitrogens is 1. The number of quaternary nitrogens is 1. The molecule has 31 heavy (non-hydrogen) atoms. The number of carbonyl (C=O) groups is 1. The molecule has 1 unspecified atom stereocenters. The van der Waals surface area contributed by atoms with Gasteiger partial charge in [-0.1, -0.05) is 18.2 Å². The van der Waals surface area contributed by atoms with Crippen molar-refractivity contribution in [3.05, 3.63) is 64.3 Å². The van der Waals surface area contributed by atoms with Crippen LogP contribution >= 0.6 is 0 Å². The van der Waals surface area contributed by atoms with E-state index >= 15 is 0 Å². The predicted octanol–water partition coefficient (Wildman–Crippen LogP) is 3.26. The molecule has 1 aromatic heterocycles. The van der Waals surface area contributed by atoms with Crippen molar-refractivity contribution in [3.8, 4) is 11.5 Å². The quantitative estimate of drug-likeness (QED) is 0.564. The van der Waals surface area contributed by atoms with Crippen LogP contribution in [0.15, 0.2) is 36.4 Å². The number of fused-ring (bicyclic) bond motifs is 1. The maximum Gasteiger partial charge on any atom is 0.340 e. The molecule has 6 heteroatoms. The fourth-order valence-corrected chi connectivity index (χ4v) is 3.93. The predicted molar refractivity (Wildman–Crippen MR) is 121 cm³/mol. The maximum atomic E-state index is 12.8. The van der Waals surface area contributed by atoms with E-state index in [1.807, 2.05) is 50.2 Å². The number of esters is 1. The van der Waals surface area contributed by atoms with Gasteiger partial charge in [-0.05, 0) is 50.1 Å². The second-order valence-electron chi connectivity index (χ2n) is 7.74. The number of rotatable bonds is 8. The number of benzene rings is 2. The Kier molecular flexibility index (Phi) is 7.13. The molecule has 3 aromatic rings. The van der Waals surface area contributed by atoms with Gasteiger partial charge in [0.1, 0.15) is 18.8 Å². The number of methoxy groups -OCH3 is 2. The van der Waals surface area contributed by atoms with Gasteiger partial charge in [-0.15, -0.1) is 0 Å². The summed E-state index contributed by atoms with van der Waals surface area (Å²) in [7, 11) is 5.37. The molecule has 0 fully saturated rings. The zero-order valence-corrected chi connectivity index (χ0v) is 19.2. The molecular weight excluding hydrogens is 392 g/mol. The first kappa shape index (κ1) is 22.6. The van der Waals surface area contributed by atoms with Crippen LogP contribution in [0.25, 0.3) is 10.9 Å². The number of nitrogens with zero attached hydrogens (tertiary/aromatic N) is 1. The van der Waals surface area contributed by atoms with Crippen LogP contribution in [0.2, 0.25) is 0 Å². The lowest BCUT2D eigenvalue weighted by atomic mass is 10.0. The number of para-hydroxylation sites is 1. The number of pyridine rings is 1. The molecule has 6 nitrogen and oxygen atoms in total. The van der Waals surface area contributed by atoms with Crippen molar-refractivity contribution < 1.29 is 23.9 Å². The lowest BCUT2D eigenvalue weighted by molar-refractivity contribution is -0.908. The number of carbonyl (C=O) groups excluding carboxylic acids is 1. The van der Waals surface area contributed by atoms with Gasteiger partial charge in [0.25, 0.3) is 0 Å². The lowest BCUT2D eigenvalue weighted by Gasteiger charge is -2.19. The van der Waals surface area contributed by atoms with Crippen molar-refractivity contribution >= 4 is 16.9 Å². The number of nitrogens with one attached hydrogen (secondary N) is 1. The molecule has 0 saturated carbocycles. The van der Waals surface area contributed by atoms with Crippen molar-refractivity contribution in [1.29, 1.82) is 0 Å². The van der Waals surface area contributed by atoms with E-state index in [-0.39, 0.29) is 5.97 Å². The average Bonchev–Trinajstić information content (AvgIpc) is 2.75. The highest BCUT2D eigenvalue weighted by Crippen LogP contribution is 2.30. The van der Waals surface area contributed by atoms with Crippen molar-refractivity contribution in [1.82, 2.24) is 4.98 Å². The molecule has 3 rings (SSSR count). The van der Waals surface area contributed by atoms with Crippen LogP contribution in [-0.4, -0.2) is 38.8 Å². The average molecular weight is 424 g/mol. The fourth-order valence-electron chi connectivity index (χ4n) is 3.93. The summed E-state index contributed by atoms with van der Waals surface area (Å²) in [5, 5.41) is 0.975. The first-order valence-electron chi connectivity index (χ1n) is 10.5. The van der Waals surface area contributed by atoms with Gasteiger partial charge in [0.15, 0.2) is 11.5 Å². The Morgan fingerprint density at radius 1 is 1.03 bits per heavy atom. The van der Waals surface area contributed by atoms with Crippen LogP contribution in [0.1, 0.15) is 39.7 Å². The van der Waals surface area contributed by atoms with Crippen molar-refractivity contribution in [2.45, 2.75) is 33.9 Å². The molecule has 0 saturated heterocycles. The molecular formula is C25H31N2O4+. The third-order valence-electron chi connectivity index (χ3n) is 5.51. The minimum atomic E-state index is -0.316. The molecule has 0 amide bonds. The summed E-state index contributed by atoms with van der Waals surface area (Å²) in [5.41, 5.74) is 5.41. The van der Waals surface area contributed by atoms with E-state index in [1.165, 1.54) is 4.90 Å². The Labute approximate surface area is 183 Å².